The fraction of sp³-hybridized carbons (Fsp3) is 0.607. The van der Waals surface area contributed by atoms with Crippen LogP contribution in [0, 0.1) is 11.8 Å². The Morgan fingerprint density at radius 2 is 1.79 bits per heavy atom. The average Bonchev–Trinajstić information content (AvgIpc) is 3.62. The minimum Gasteiger partial charge on any atom is -0.364 e. The highest BCUT2D eigenvalue weighted by molar-refractivity contribution is 5.82. The first-order valence-corrected chi connectivity index (χ1v) is 14.9. The molecule has 1 aliphatic carbocycles. The molecule has 4 fully saturated rings. The number of carbonyl (C=O) groups excluding carboxylic acids is 2. The summed E-state index contributed by atoms with van der Waals surface area (Å²) in [6.07, 6.45) is 2.48. The molecular formula is C28H35F3N10O2. The third-order valence-electron chi connectivity index (χ3n) is 9.41. The van der Waals surface area contributed by atoms with Crippen molar-refractivity contribution < 1.29 is 22.8 Å². The zero-order valence-electron chi connectivity index (χ0n) is 23.9. The molecule has 12 nitrogen and oxygen atoms in total. The molecule has 3 aliphatic heterocycles. The average molecular weight is 601 g/mol. The van der Waals surface area contributed by atoms with E-state index in [9.17, 15) is 22.8 Å². The van der Waals surface area contributed by atoms with E-state index in [0.29, 0.717) is 43.5 Å². The van der Waals surface area contributed by atoms with E-state index in [1.807, 2.05) is 35.2 Å². The van der Waals surface area contributed by atoms with Gasteiger partial charge >= 0.3 is 6.18 Å². The number of nitrogens with zero attached hydrogens (tertiary/aromatic N) is 9. The standard InChI is InChI=1S/C28H35F3N10O2/c1-36-7-9-37(10-8-36)24(42)17-39-14-20(13-32-39)33-27-34-25-23(3-2-6-40(25)35-27)38-15-21-4-5-22(16-38)41(21)26(43)18-11-19(12-18)28(29,30)31/h2-3,6,13-14,18-19,21-22H,4-5,7-12,15-17H2,1H3,(H,33,35). The summed E-state index contributed by atoms with van der Waals surface area (Å²) in [6.45, 7) is 4.51. The van der Waals surface area contributed by atoms with Gasteiger partial charge in [-0.25, -0.2) is 4.52 Å². The van der Waals surface area contributed by atoms with Crippen LogP contribution in [0.25, 0.3) is 5.65 Å². The molecule has 3 aromatic rings. The first-order chi connectivity index (χ1) is 20.6. The number of amides is 2. The maximum absolute atomic E-state index is 13.2. The monoisotopic (exact) mass is 600 g/mol. The quantitative estimate of drug-likeness (QED) is 0.459. The summed E-state index contributed by atoms with van der Waals surface area (Å²) in [5.41, 5.74) is 2.22. The van der Waals surface area contributed by atoms with Gasteiger partial charge in [-0.1, -0.05) is 0 Å². The summed E-state index contributed by atoms with van der Waals surface area (Å²) >= 11 is 0. The predicted molar refractivity (Wildman–Crippen MR) is 151 cm³/mol. The number of carbonyl (C=O) groups is 2. The molecule has 6 heterocycles. The second kappa shape index (κ2) is 10.7. The maximum Gasteiger partial charge on any atom is 0.391 e. The first-order valence-electron chi connectivity index (χ1n) is 14.9. The van der Waals surface area contributed by atoms with Crippen LogP contribution in [-0.4, -0.2) is 115 Å². The van der Waals surface area contributed by atoms with E-state index >= 15 is 0 Å². The largest absolute Gasteiger partial charge is 0.391 e. The van der Waals surface area contributed by atoms with E-state index in [-0.39, 0.29) is 43.3 Å². The molecule has 1 saturated carbocycles. The number of pyridine rings is 1. The van der Waals surface area contributed by atoms with Crippen LogP contribution in [0.2, 0.25) is 0 Å². The normalized spacial score (nSPS) is 26.2. The second-order valence-corrected chi connectivity index (χ2v) is 12.3. The maximum atomic E-state index is 13.2. The van der Waals surface area contributed by atoms with E-state index in [1.165, 1.54) is 0 Å². The lowest BCUT2D eigenvalue weighted by molar-refractivity contribution is -0.207. The lowest BCUT2D eigenvalue weighted by Gasteiger charge is -2.45. The van der Waals surface area contributed by atoms with Crippen molar-refractivity contribution in [3.05, 3.63) is 30.7 Å². The molecule has 2 bridgehead atoms. The van der Waals surface area contributed by atoms with Gasteiger partial charge < -0.3 is 24.9 Å². The van der Waals surface area contributed by atoms with Gasteiger partial charge in [0.1, 0.15) is 6.54 Å². The Balaban J connectivity index is 1.00. The molecule has 15 heteroatoms. The third-order valence-corrected chi connectivity index (χ3v) is 9.41. The summed E-state index contributed by atoms with van der Waals surface area (Å²) in [4.78, 5) is 38.7. The topological polar surface area (TPSA) is 107 Å². The van der Waals surface area contributed by atoms with Crippen LogP contribution in [0.15, 0.2) is 30.7 Å². The fourth-order valence-corrected chi connectivity index (χ4v) is 6.89. The van der Waals surface area contributed by atoms with Gasteiger partial charge in [0.25, 0.3) is 0 Å². The molecule has 43 heavy (non-hydrogen) atoms. The van der Waals surface area contributed by atoms with Crippen molar-refractivity contribution in [1.29, 1.82) is 0 Å². The molecule has 2 amide bonds. The highest BCUT2D eigenvalue weighted by atomic mass is 19.4. The van der Waals surface area contributed by atoms with Crippen molar-refractivity contribution in [3.63, 3.8) is 0 Å². The number of fused-ring (bicyclic) bond motifs is 3. The Morgan fingerprint density at radius 1 is 1.07 bits per heavy atom. The van der Waals surface area contributed by atoms with Gasteiger partial charge in [-0.2, -0.15) is 23.3 Å². The fourth-order valence-electron chi connectivity index (χ4n) is 6.89. The number of aromatic nitrogens is 5. The van der Waals surface area contributed by atoms with E-state index in [1.54, 1.807) is 21.6 Å². The molecule has 1 N–H and O–H groups in total. The second-order valence-electron chi connectivity index (χ2n) is 12.3. The lowest BCUT2D eigenvalue weighted by Crippen LogP contribution is -2.58. The zero-order chi connectivity index (χ0) is 29.9. The van der Waals surface area contributed by atoms with Crippen molar-refractivity contribution in [1.82, 2.24) is 39.1 Å². The van der Waals surface area contributed by atoms with Crippen LogP contribution in [0.1, 0.15) is 25.7 Å². The molecule has 230 valence electrons. The van der Waals surface area contributed by atoms with Gasteiger partial charge in [0, 0.05) is 69.7 Å². The highest BCUT2D eigenvalue weighted by Crippen LogP contribution is 2.47. The lowest BCUT2D eigenvalue weighted by atomic mass is 9.73. The molecule has 0 aromatic carbocycles. The van der Waals surface area contributed by atoms with Gasteiger partial charge in [-0.3, -0.25) is 14.3 Å². The minimum absolute atomic E-state index is 0.0312. The zero-order valence-corrected chi connectivity index (χ0v) is 23.9. The van der Waals surface area contributed by atoms with Gasteiger partial charge in [0.05, 0.1) is 23.5 Å². The Hall–Kier alpha value is -3.88. The van der Waals surface area contributed by atoms with Crippen LogP contribution in [0.4, 0.5) is 30.5 Å². The summed E-state index contributed by atoms with van der Waals surface area (Å²) < 4.78 is 42.3. The van der Waals surface area contributed by atoms with Gasteiger partial charge in [-0.15, -0.1) is 5.10 Å². The SMILES string of the molecule is CN1CCN(C(=O)Cn2cc(Nc3nc4c(N5CC6CCC(C5)N6C(=O)C5CC(C(F)(F)F)C5)cccn4n3)cn2)CC1. The smallest absolute Gasteiger partial charge is 0.364 e. The molecule has 0 radical (unpaired) electrons. The van der Waals surface area contributed by atoms with E-state index in [0.717, 1.165) is 31.6 Å². The molecule has 7 rings (SSSR count). The van der Waals surface area contributed by atoms with Crippen LogP contribution >= 0.6 is 0 Å². The number of hydrogen-bond acceptors (Lipinski definition) is 8. The summed E-state index contributed by atoms with van der Waals surface area (Å²) in [7, 11) is 2.05. The van der Waals surface area contributed by atoms with Crippen molar-refractivity contribution >= 4 is 34.8 Å². The number of likely N-dealkylation sites (N-methyl/N-ethyl adjacent to an activating group) is 1. The highest BCUT2D eigenvalue weighted by Gasteiger charge is 2.53. The molecule has 3 aromatic heterocycles. The third kappa shape index (κ3) is 5.38. The van der Waals surface area contributed by atoms with Crippen molar-refractivity contribution in [2.45, 2.75) is 50.5 Å². The van der Waals surface area contributed by atoms with E-state index in [4.69, 9.17) is 4.98 Å². The van der Waals surface area contributed by atoms with Gasteiger partial charge in [0.15, 0.2) is 5.65 Å². The summed E-state index contributed by atoms with van der Waals surface area (Å²) in [5, 5.41) is 12.1. The molecular weight excluding hydrogens is 565 g/mol. The Morgan fingerprint density at radius 3 is 2.49 bits per heavy atom. The Labute approximate surface area is 246 Å². The van der Waals surface area contributed by atoms with Crippen molar-refractivity contribution in [2.75, 3.05) is 56.5 Å². The molecule has 3 saturated heterocycles. The van der Waals surface area contributed by atoms with Crippen molar-refractivity contribution in [2.24, 2.45) is 11.8 Å². The number of alkyl halides is 3. The van der Waals surface area contributed by atoms with E-state index in [2.05, 4.69) is 25.3 Å². The minimum atomic E-state index is -4.22. The first kappa shape index (κ1) is 27.9. The molecule has 2 atom stereocenters. The van der Waals surface area contributed by atoms with Crippen LogP contribution in [0.5, 0.6) is 0 Å². The number of rotatable bonds is 6. The van der Waals surface area contributed by atoms with Crippen LogP contribution in [-0.2, 0) is 16.1 Å². The molecule has 2 unspecified atom stereocenters. The number of nitrogens with one attached hydrogen (secondary N) is 1. The Bertz CT molecular complexity index is 1490. The predicted octanol–water partition coefficient (Wildman–Crippen LogP) is 2.21. The van der Waals surface area contributed by atoms with Crippen LogP contribution in [0.3, 0.4) is 0 Å². The van der Waals surface area contributed by atoms with Gasteiger partial charge in [-0.05, 0) is 44.9 Å². The van der Waals surface area contributed by atoms with Gasteiger partial charge in [0.2, 0.25) is 17.8 Å². The number of piperazine rings is 2. The summed E-state index contributed by atoms with van der Waals surface area (Å²) in [5.74, 6) is -1.58. The number of anilines is 3. The summed E-state index contributed by atoms with van der Waals surface area (Å²) in [6, 6.07) is 3.81. The number of hydrogen-bond donors (Lipinski definition) is 1. The Kier molecular flexibility index (Phi) is 6.94. The number of halogens is 3. The van der Waals surface area contributed by atoms with Crippen molar-refractivity contribution in [3.8, 4) is 0 Å². The van der Waals surface area contributed by atoms with Crippen LogP contribution < -0.4 is 10.2 Å². The molecule has 0 spiro atoms. The van der Waals surface area contributed by atoms with E-state index < -0.39 is 18.0 Å². The molecule has 4 aliphatic rings.